The lowest BCUT2D eigenvalue weighted by Gasteiger charge is -2.13. The number of aliphatic hydroxyl groups is 3. The van der Waals surface area contributed by atoms with Gasteiger partial charge >= 0.3 is 5.97 Å². The SMILES string of the molecule is CC(O)CCO.CCCCCCCCCCC(CO)CCCCCCCC.CCCCCCCCCCCCCC(=O)OC(C)C. The average Bonchev–Trinajstić information content (AvgIpc) is 3.02. The molecule has 5 nitrogen and oxygen atoms in total. The molecule has 3 N–H and O–H groups in total. The molecular weight excluding hydrogens is 572 g/mol. The van der Waals surface area contributed by atoms with Crippen molar-refractivity contribution in [2.45, 2.75) is 240 Å². The Hall–Kier alpha value is -0.650. The fourth-order valence-corrected chi connectivity index (χ4v) is 5.55. The van der Waals surface area contributed by atoms with Crippen LogP contribution in [0, 0.1) is 5.92 Å². The highest BCUT2D eigenvalue weighted by Crippen LogP contribution is 2.19. The van der Waals surface area contributed by atoms with Crippen LogP contribution in [0.15, 0.2) is 0 Å². The lowest BCUT2D eigenvalue weighted by Crippen LogP contribution is -2.10. The summed E-state index contributed by atoms with van der Waals surface area (Å²) in [7, 11) is 0. The molecule has 0 aromatic carbocycles. The topological polar surface area (TPSA) is 87.0 Å². The van der Waals surface area contributed by atoms with Crippen LogP contribution in [0.1, 0.15) is 228 Å². The number of carbonyl (C=O) groups excluding carboxylic acids is 1. The quantitative estimate of drug-likeness (QED) is 0.0494. The Balaban J connectivity index is -0.000000684. The van der Waals surface area contributed by atoms with E-state index in [4.69, 9.17) is 14.9 Å². The standard InChI is InChI=1S/C20H42O.C17H34O2.C4H10O2/c1-3-5-7-9-11-12-14-16-18-20(19-21)17-15-13-10-8-6-4-2;1-4-5-6-7-8-9-10-11-12-13-14-15-17(18)19-16(2)3;1-4(6)2-3-5/h20-21H,3-19H2,1-2H3;16H,4-15H2,1-3H3;4-6H,2-3H2,1H3. The van der Waals surface area contributed by atoms with E-state index in [9.17, 15) is 9.90 Å². The van der Waals surface area contributed by atoms with Gasteiger partial charge in [-0.15, -0.1) is 0 Å². The van der Waals surface area contributed by atoms with Crippen molar-refractivity contribution in [2.24, 2.45) is 5.92 Å². The van der Waals surface area contributed by atoms with Gasteiger partial charge in [-0.25, -0.2) is 0 Å². The number of aliphatic hydroxyl groups excluding tert-OH is 3. The minimum Gasteiger partial charge on any atom is -0.463 e. The Morgan fingerprint density at radius 2 is 0.826 bits per heavy atom. The lowest BCUT2D eigenvalue weighted by molar-refractivity contribution is -0.147. The molecule has 280 valence electrons. The van der Waals surface area contributed by atoms with Crippen molar-refractivity contribution in [3.05, 3.63) is 0 Å². The third-order valence-corrected chi connectivity index (χ3v) is 8.59. The van der Waals surface area contributed by atoms with Crippen molar-refractivity contribution in [1.82, 2.24) is 0 Å². The second-order valence-electron chi connectivity index (χ2n) is 14.1. The first kappa shape index (κ1) is 49.7. The normalized spacial score (nSPS) is 12.2. The largest absolute Gasteiger partial charge is 0.463 e. The van der Waals surface area contributed by atoms with Crippen LogP contribution in [-0.2, 0) is 9.53 Å². The Morgan fingerprint density at radius 3 is 1.09 bits per heavy atom. The van der Waals surface area contributed by atoms with Crippen molar-refractivity contribution in [3.63, 3.8) is 0 Å². The van der Waals surface area contributed by atoms with Crippen molar-refractivity contribution in [3.8, 4) is 0 Å². The van der Waals surface area contributed by atoms with Gasteiger partial charge in [-0.05, 0) is 52.4 Å². The van der Waals surface area contributed by atoms with E-state index in [0.29, 0.717) is 25.4 Å². The second-order valence-corrected chi connectivity index (χ2v) is 14.1. The van der Waals surface area contributed by atoms with Crippen LogP contribution in [0.5, 0.6) is 0 Å². The van der Waals surface area contributed by atoms with Gasteiger partial charge in [0.15, 0.2) is 0 Å². The zero-order valence-electron chi connectivity index (χ0n) is 32.3. The summed E-state index contributed by atoms with van der Waals surface area (Å²) < 4.78 is 5.10. The molecule has 0 fully saturated rings. The average molecular weight is 659 g/mol. The van der Waals surface area contributed by atoms with Crippen LogP contribution in [0.3, 0.4) is 0 Å². The van der Waals surface area contributed by atoms with Gasteiger partial charge in [-0.1, -0.05) is 175 Å². The summed E-state index contributed by atoms with van der Waals surface area (Å²) in [6, 6.07) is 0. The molecule has 0 aromatic heterocycles. The number of esters is 1. The third-order valence-electron chi connectivity index (χ3n) is 8.59. The van der Waals surface area contributed by atoms with E-state index in [1.54, 1.807) is 6.92 Å². The predicted molar refractivity (Wildman–Crippen MR) is 201 cm³/mol. The molecule has 0 aromatic rings. The van der Waals surface area contributed by atoms with Crippen LogP contribution < -0.4 is 0 Å². The predicted octanol–water partition coefficient (Wildman–Crippen LogP) is 12.3. The van der Waals surface area contributed by atoms with E-state index >= 15 is 0 Å². The number of hydrogen-bond donors (Lipinski definition) is 3. The summed E-state index contributed by atoms with van der Waals surface area (Å²) in [6.45, 7) is 12.7. The van der Waals surface area contributed by atoms with Gasteiger partial charge in [0, 0.05) is 19.6 Å². The maximum Gasteiger partial charge on any atom is 0.306 e. The van der Waals surface area contributed by atoms with Crippen molar-refractivity contribution >= 4 is 5.97 Å². The molecular formula is C41H86O5. The maximum atomic E-state index is 11.3. The Bertz CT molecular complexity index is 537. The summed E-state index contributed by atoms with van der Waals surface area (Å²) >= 11 is 0. The Kier molecular flexibility index (Phi) is 48.0. The molecule has 0 amide bonds. The molecule has 46 heavy (non-hydrogen) atoms. The maximum absolute atomic E-state index is 11.3. The number of unbranched alkanes of at least 4 members (excludes halogenated alkanes) is 22. The summed E-state index contributed by atoms with van der Waals surface area (Å²) in [6.07, 6.45) is 37.0. The highest BCUT2D eigenvalue weighted by atomic mass is 16.5. The summed E-state index contributed by atoms with van der Waals surface area (Å²) in [5, 5.41) is 25.9. The number of hydrogen-bond acceptors (Lipinski definition) is 5. The van der Waals surface area contributed by atoms with Crippen molar-refractivity contribution < 1.29 is 24.9 Å². The molecule has 0 spiro atoms. The van der Waals surface area contributed by atoms with Gasteiger partial charge in [-0.2, -0.15) is 0 Å². The fourth-order valence-electron chi connectivity index (χ4n) is 5.55. The van der Waals surface area contributed by atoms with E-state index < -0.39 is 0 Å². The molecule has 0 saturated carbocycles. The zero-order valence-corrected chi connectivity index (χ0v) is 32.3. The number of ether oxygens (including phenoxy) is 1. The van der Waals surface area contributed by atoms with E-state index in [2.05, 4.69) is 20.8 Å². The van der Waals surface area contributed by atoms with Gasteiger partial charge in [0.25, 0.3) is 0 Å². The zero-order chi connectivity index (χ0) is 34.9. The smallest absolute Gasteiger partial charge is 0.306 e. The van der Waals surface area contributed by atoms with E-state index in [0.717, 1.165) is 6.42 Å². The molecule has 0 rings (SSSR count). The van der Waals surface area contributed by atoms with Gasteiger partial charge in [0.2, 0.25) is 0 Å². The van der Waals surface area contributed by atoms with Gasteiger partial charge < -0.3 is 20.1 Å². The van der Waals surface area contributed by atoms with E-state index in [-0.39, 0.29) is 24.8 Å². The third kappa shape index (κ3) is 50.2. The summed E-state index contributed by atoms with van der Waals surface area (Å²) in [4.78, 5) is 11.3. The highest BCUT2D eigenvalue weighted by molar-refractivity contribution is 5.69. The minimum absolute atomic E-state index is 0.0280. The molecule has 0 radical (unpaired) electrons. The lowest BCUT2D eigenvalue weighted by atomic mass is 9.95. The molecule has 0 saturated heterocycles. The van der Waals surface area contributed by atoms with Crippen LogP contribution >= 0.6 is 0 Å². The molecule has 5 heteroatoms. The first-order valence-corrected chi connectivity index (χ1v) is 20.4. The van der Waals surface area contributed by atoms with Crippen LogP contribution in [-0.4, -0.2) is 46.7 Å². The first-order valence-electron chi connectivity index (χ1n) is 20.4. The van der Waals surface area contributed by atoms with E-state index in [1.165, 1.54) is 167 Å². The Morgan fingerprint density at radius 1 is 0.500 bits per heavy atom. The number of rotatable bonds is 32. The second kappa shape index (κ2) is 44.4. The molecule has 0 aliphatic rings. The minimum atomic E-state index is -0.352. The highest BCUT2D eigenvalue weighted by Gasteiger charge is 2.07. The van der Waals surface area contributed by atoms with Crippen molar-refractivity contribution in [2.75, 3.05) is 13.2 Å². The van der Waals surface area contributed by atoms with Gasteiger partial charge in [-0.3, -0.25) is 4.79 Å². The van der Waals surface area contributed by atoms with Gasteiger partial charge in [0.05, 0.1) is 12.2 Å². The van der Waals surface area contributed by atoms with Gasteiger partial charge in [0.1, 0.15) is 0 Å². The molecule has 0 bridgehead atoms. The van der Waals surface area contributed by atoms with Crippen LogP contribution in [0.4, 0.5) is 0 Å². The van der Waals surface area contributed by atoms with Crippen molar-refractivity contribution in [1.29, 1.82) is 0 Å². The molecule has 2 atom stereocenters. The number of carbonyl (C=O) groups is 1. The monoisotopic (exact) mass is 659 g/mol. The molecule has 0 aliphatic carbocycles. The molecule has 2 unspecified atom stereocenters. The molecule has 0 aliphatic heterocycles. The van der Waals surface area contributed by atoms with Crippen LogP contribution in [0.25, 0.3) is 0 Å². The van der Waals surface area contributed by atoms with E-state index in [1.807, 2.05) is 13.8 Å². The first-order chi connectivity index (χ1) is 22.3. The fraction of sp³-hybridized carbons (Fsp3) is 0.976. The molecule has 0 heterocycles. The Labute approximate surface area is 289 Å². The summed E-state index contributed by atoms with van der Waals surface area (Å²) in [5.41, 5.74) is 0. The van der Waals surface area contributed by atoms with Crippen LogP contribution in [0.2, 0.25) is 0 Å². The summed E-state index contributed by atoms with van der Waals surface area (Å²) in [5.74, 6) is 0.544.